The number of hydrogen-bond donors (Lipinski definition) is 2. The quantitative estimate of drug-likeness (QED) is 0.538. The number of aliphatic carboxylic acids is 1. The average Bonchev–Trinajstić information content (AvgIpc) is 2.95. The van der Waals surface area contributed by atoms with Crippen molar-refractivity contribution in [2.75, 3.05) is 5.32 Å². The first-order valence-electron chi connectivity index (χ1n) is 7.47. The number of benzene rings is 1. The summed E-state index contributed by atoms with van der Waals surface area (Å²) < 4.78 is 0. The summed E-state index contributed by atoms with van der Waals surface area (Å²) >= 11 is 0. The first kappa shape index (κ1) is 19.1. The largest absolute Gasteiger partial charge is 1.00 e. The molecule has 24 heavy (non-hydrogen) atoms. The Kier molecular flexibility index (Phi) is 6.22. The van der Waals surface area contributed by atoms with Crippen molar-refractivity contribution >= 4 is 29.2 Å². The van der Waals surface area contributed by atoms with E-state index in [9.17, 15) is 14.7 Å². The van der Waals surface area contributed by atoms with E-state index < -0.39 is 5.97 Å². The maximum Gasteiger partial charge on any atom is 1.00 e. The molecule has 0 atom stereocenters. The van der Waals surface area contributed by atoms with E-state index in [0.717, 1.165) is 33.8 Å². The van der Waals surface area contributed by atoms with Gasteiger partial charge in [0, 0.05) is 28.6 Å². The van der Waals surface area contributed by atoms with E-state index in [2.05, 4.69) is 10.3 Å². The van der Waals surface area contributed by atoms with Gasteiger partial charge in [-0.05, 0) is 50.0 Å². The number of hydrogen-bond acceptors (Lipinski definition) is 3. The summed E-state index contributed by atoms with van der Waals surface area (Å²) in [5.74, 6) is -1.19. The molecule has 3 rings (SSSR count). The van der Waals surface area contributed by atoms with Crippen LogP contribution in [0.2, 0.25) is 0 Å². The number of rotatable bonds is 4. The predicted octanol–water partition coefficient (Wildman–Crippen LogP) is -1.19. The van der Waals surface area contributed by atoms with Crippen LogP contribution in [0.5, 0.6) is 0 Å². The van der Waals surface area contributed by atoms with Crippen molar-refractivity contribution in [2.24, 2.45) is 0 Å². The van der Waals surface area contributed by atoms with Gasteiger partial charge in [-0.3, -0.25) is 4.79 Å². The van der Waals surface area contributed by atoms with Crippen LogP contribution in [0.4, 0.5) is 5.69 Å². The van der Waals surface area contributed by atoms with Gasteiger partial charge < -0.3 is 20.2 Å². The molecule has 1 aromatic carbocycles. The summed E-state index contributed by atoms with van der Waals surface area (Å²) in [6.07, 6.45) is 2.23. The topological polar surface area (TPSA) is 85.0 Å². The third-order valence-corrected chi connectivity index (χ3v) is 4.21. The summed E-state index contributed by atoms with van der Waals surface area (Å²) in [5.41, 5.74) is 5.97. The van der Waals surface area contributed by atoms with Crippen molar-refractivity contribution in [1.29, 1.82) is 0 Å². The number of para-hydroxylation sites is 1. The maximum atomic E-state index is 12.2. The number of nitrogens with one attached hydrogen (secondary N) is 2. The van der Waals surface area contributed by atoms with Gasteiger partial charge in [0.2, 0.25) is 0 Å². The van der Waals surface area contributed by atoms with Crippen molar-refractivity contribution < 1.29 is 66.1 Å². The third-order valence-electron chi connectivity index (χ3n) is 4.21. The number of aromatic amines is 1. The molecule has 1 aliphatic rings. The second kappa shape index (κ2) is 7.80. The molecule has 6 heteroatoms. The van der Waals surface area contributed by atoms with Gasteiger partial charge in [0.05, 0.1) is 5.57 Å². The minimum atomic E-state index is -1.06. The molecule has 0 unspecified atom stereocenters. The van der Waals surface area contributed by atoms with Crippen LogP contribution in [0.25, 0.3) is 11.6 Å². The zero-order valence-corrected chi connectivity index (χ0v) is 17.1. The van der Waals surface area contributed by atoms with Gasteiger partial charge in [0.1, 0.15) is 0 Å². The molecular formula is C18H17KN2O3. The van der Waals surface area contributed by atoms with E-state index in [4.69, 9.17) is 0 Å². The molecule has 1 amide bonds. The van der Waals surface area contributed by atoms with Gasteiger partial charge in [-0.2, -0.15) is 0 Å². The molecule has 0 bridgehead atoms. The fourth-order valence-electron chi connectivity index (χ4n) is 2.99. The Bertz CT molecular complexity index is 837. The number of carboxylic acid groups (broad SMARTS) is 1. The smallest absolute Gasteiger partial charge is 0.550 e. The Morgan fingerprint density at radius 3 is 2.67 bits per heavy atom. The summed E-state index contributed by atoms with van der Waals surface area (Å²) in [6, 6.07) is 7.54. The fraction of sp³-hybridized carbons (Fsp3) is 0.222. The van der Waals surface area contributed by atoms with Gasteiger partial charge in [-0.1, -0.05) is 18.2 Å². The van der Waals surface area contributed by atoms with Crippen LogP contribution in [-0.2, 0) is 16.0 Å². The maximum absolute atomic E-state index is 12.2. The third kappa shape index (κ3) is 3.73. The first-order valence-corrected chi connectivity index (χ1v) is 7.47. The molecule has 0 aliphatic carbocycles. The molecule has 2 N–H and O–H groups in total. The summed E-state index contributed by atoms with van der Waals surface area (Å²) in [4.78, 5) is 26.1. The minimum absolute atomic E-state index is 0. The normalized spacial score (nSPS) is 14.2. The number of amides is 1. The van der Waals surface area contributed by atoms with Crippen LogP contribution in [0, 0.1) is 13.8 Å². The van der Waals surface area contributed by atoms with Gasteiger partial charge >= 0.3 is 51.4 Å². The van der Waals surface area contributed by atoms with E-state index in [0.29, 0.717) is 12.0 Å². The van der Waals surface area contributed by atoms with Gasteiger partial charge in [0.25, 0.3) is 5.91 Å². The molecule has 0 saturated heterocycles. The van der Waals surface area contributed by atoms with E-state index in [-0.39, 0.29) is 63.7 Å². The molecule has 1 aromatic heterocycles. The molecule has 5 nitrogen and oxygen atoms in total. The Morgan fingerprint density at radius 2 is 1.96 bits per heavy atom. The van der Waals surface area contributed by atoms with Gasteiger partial charge in [-0.15, -0.1) is 0 Å². The van der Waals surface area contributed by atoms with Crippen LogP contribution < -0.4 is 61.8 Å². The number of carboxylic acids is 1. The van der Waals surface area contributed by atoms with E-state index in [1.165, 1.54) is 0 Å². The van der Waals surface area contributed by atoms with Crippen LogP contribution in [-0.4, -0.2) is 16.9 Å². The van der Waals surface area contributed by atoms with Gasteiger partial charge in [-0.25, -0.2) is 0 Å². The number of aromatic nitrogens is 1. The predicted molar refractivity (Wildman–Crippen MR) is 86.5 cm³/mol. The standard InChI is InChI=1S/C18H18N2O3.K/c1-10-12(7-8-17(21)22)11(2)19-16(10)9-14-13-5-3-4-6-15(13)20-18(14)23;/h3-6,9,19H,7-8H2,1-2H3,(H,20,23)(H,21,22);/q;+1/p-1/b14-9-;. The molecular weight excluding hydrogens is 331 g/mol. The zero-order valence-electron chi connectivity index (χ0n) is 14.0. The number of aryl methyl sites for hydroxylation is 1. The molecule has 0 saturated carbocycles. The van der Waals surface area contributed by atoms with Crippen LogP contribution in [0.1, 0.15) is 34.5 Å². The molecule has 0 spiro atoms. The average molecular weight is 348 g/mol. The number of carbonyl (C=O) groups is 2. The number of anilines is 1. The summed E-state index contributed by atoms with van der Waals surface area (Å²) in [7, 11) is 0. The van der Waals surface area contributed by atoms with E-state index in [1.54, 1.807) is 0 Å². The second-order valence-corrected chi connectivity index (χ2v) is 5.70. The monoisotopic (exact) mass is 348 g/mol. The molecule has 2 aromatic rings. The Balaban J connectivity index is 0.00000208. The number of fused-ring (bicyclic) bond motifs is 1. The molecule has 1 aliphatic heterocycles. The summed E-state index contributed by atoms with van der Waals surface area (Å²) in [6.45, 7) is 3.83. The van der Waals surface area contributed by atoms with Crippen molar-refractivity contribution in [1.82, 2.24) is 4.98 Å². The first-order chi connectivity index (χ1) is 11.0. The van der Waals surface area contributed by atoms with E-state index >= 15 is 0 Å². The zero-order chi connectivity index (χ0) is 16.6. The Morgan fingerprint density at radius 1 is 1.25 bits per heavy atom. The number of H-pyrrole nitrogens is 1. The summed E-state index contributed by atoms with van der Waals surface area (Å²) in [5, 5.41) is 13.5. The molecule has 0 radical (unpaired) electrons. The Hall–Kier alpha value is -1.18. The van der Waals surface area contributed by atoms with Crippen molar-refractivity contribution in [2.45, 2.75) is 26.7 Å². The van der Waals surface area contributed by atoms with Crippen LogP contribution >= 0.6 is 0 Å². The fourth-order valence-corrected chi connectivity index (χ4v) is 2.99. The minimum Gasteiger partial charge on any atom is -0.550 e. The SMILES string of the molecule is Cc1[nH]c(/C=C2\C(=O)Nc3ccccc32)c(C)c1CCC(=O)[O-].[K+]. The van der Waals surface area contributed by atoms with Crippen molar-refractivity contribution in [3.05, 3.63) is 52.3 Å². The van der Waals surface area contributed by atoms with Crippen LogP contribution in [0.3, 0.4) is 0 Å². The van der Waals surface area contributed by atoms with Gasteiger partial charge in [0.15, 0.2) is 0 Å². The van der Waals surface area contributed by atoms with Crippen LogP contribution in [0.15, 0.2) is 24.3 Å². The van der Waals surface area contributed by atoms with Crippen molar-refractivity contribution in [3.63, 3.8) is 0 Å². The molecule has 2 heterocycles. The second-order valence-electron chi connectivity index (χ2n) is 5.70. The van der Waals surface area contributed by atoms with E-state index in [1.807, 2.05) is 44.2 Å². The Labute approximate surface area is 183 Å². The molecule has 0 fully saturated rings. The molecule has 118 valence electrons. The van der Waals surface area contributed by atoms with Crippen molar-refractivity contribution in [3.8, 4) is 0 Å². The number of carbonyl (C=O) groups excluding carboxylic acids is 2.